The van der Waals surface area contributed by atoms with Crippen LogP contribution in [0.15, 0.2) is 82.9 Å². The van der Waals surface area contributed by atoms with E-state index in [0.717, 1.165) is 11.1 Å². The molecule has 0 bridgehead atoms. The van der Waals surface area contributed by atoms with Crippen LogP contribution in [0.1, 0.15) is 11.1 Å². The number of nitrogens with zero attached hydrogens (tertiary/aromatic N) is 2. The average Bonchev–Trinajstić information content (AvgIpc) is 2.77. The minimum absolute atomic E-state index is 0.146. The Kier molecular flexibility index (Phi) is 6.60. The Balaban J connectivity index is 2.30. The Morgan fingerprint density at radius 2 is 1.43 bits per heavy atom. The monoisotopic (exact) mass is 401 g/mol. The van der Waals surface area contributed by atoms with Gasteiger partial charge in [0.05, 0.1) is 0 Å². The number of aromatic nitrogens is 2. The average molecular weight is 401 g/mol. The highest BCUT2D eigenvalue weighted by atomic mass is 16.2. The van der Waals surface area contributed by atoms with Crippen LogP contribution in [0.5, 0.6) is 0 Å². The van der Waals surface area contributed by atoms with Crippen molar-refractivity contribution in [3.8, 4) is 0 Å². The first-order chi connectivity index (χ1) is 14.5. The lowest BCUT2D eigenvalue weighted by Crippen LogP contribution is -2.58. The summed E-state index contributed by atoms with van der Waals surface area (Å²) in [4.78, 5) is 38.8. The third kappa shape index (κ3) is 4.72. The molecule has 0 spiro atoms. The molecule has 0 aliphatic rings. The predicted octanol–water partition coefficient (Wildman–Crippen LogP) is 0.507. The molecule has 1 N–H and O–H groups in total. The van der Waals surface area contributed by atoms with Crippen LogP contribution in [0, 0.1) is 0 Å². The van der Waals surface area contributed by atoms with Crippen molar-refractivity contribution in [2.45, 2.75) is 6.54 Å². The highest BCUT2D eigenvalue weighted by Crippen LogP contribution is 1.98. The minimum Gasteiger partial charge on any atom is -0.351 e. The molecule has 6 nitrogen and oxygen atoms in total. The van der Waals surface area contributed by atoms with E-state index in [1.165, 1.54) is 9.13 Å². The molecule has 0 unspecified atom stereocenters. The molecule has 3 rings (SSSR count). The van der Waals surface area contributed by atoms with Crippen molar-refractivity contribution >= 4 is 18.1 Å². The van der Waals surface area contributed by atoms with Crippen molar-refractivity contribution in [1.82, 2.24) is 14.5 Å². The van der Waals surface area contributed by atoms with Gasteiger partial charge in [0, 0.05) is 13.6 Å². The summed E-state index contributed by atoms with van der Waals surface area (Å²) < 4.78 is 2.55. The standard InChI is InChI=1S/C24H23N3O3/c1-3-14-25-22(28)17-27-21(16-19-12-8-5-9-13-19)23(29)26(2)20(24(27)30)15-18-10-6-4-7-11-18/h3-13,15-16H,1,14,17H2,2H3,(H,25,28). The third-order valence-electron chi connectivity index (χ3n) is 4.59. The van der Waals surface area contributed by atoms with Gasteiger partial charge in [0.2, 0.25) is 5.91 Å². The molecule has 1 heterocycles. The first kappa shape index (κ1) is 20.8. The van der Waals surface area contributed by atoms with E-state index in [1.54, 1.807) is 25.3 Å². The van der Waals surface area contributed by atoms with Gasteiger partial charge in [-0.2, -0.15) is 0 Å². The molecule has 0 fully saturated rings. The topological polar surface area (TPSA) is 73.1 Å². The highest BCUT2D eigenvalue weighted by Gasteiger charge is 2.12. The Morgan fingerprint density at radius 1 is 0.900 bits per heavy atom. The van der Waals surface area contributed by atoms with Crippen molar-refractivity contribution < 1.29 is 4.79 Å². The van der Waals surface area contributed by atoms with E-state index in [9.17, 15) is 14.4 Å². The van der Waals surface area contributed by atoms with Crippen LogP contribution in [-0.2, 0) is 18.4 Å². The van der Waals surface area contributed by atoms with Gasteiger partial charge < -0.3 is 9.88 Å². The van der Waals surface area contributed by atoms with Gasteiger partial charge in [-0.3, -0.25) is 19.0 Å². The third-order valence-corrected chi connectivity index (χ3v) is 4.59. The molecule has 1 amide bonds. The second kappa shape index (κ2) is 9.52. The van der Waals surface area contributed by atoms with Gasteiger partial charge in [-0.25, -0.2) is 0 Å². The Hall–Kier alpha value is -3.93. The summed E-state index contributed by atoms with van der Waals surface area (Å²) in [5.74, 6) is -0.376. The van der Waals surface area contributed by atoms with Crippen LogP contribution in [-0.4, -0.2) is 21.6 Å². The van der Waals surface area contributed by atoms with E-state index in [4.69, 9.17) is 0 Å². The van der Waals surface area contributed by atoms with Crippen molar-refractivity contribution in [3.05, 3.63) is 116 Å². The number of carbonyl (C=O) groups excluding carboxylic acids is 1. The fraction of sp³-hybridized carbons (Fsp3) is 0.125. The molecule has 0 radical (unpaired) electrons. The number of amides is 1. The number of hydrogen-bond acceptors (Lipinski definition) is 3. The fourth-order valence-corrected chi connectivity index (χ4v) is 3.04. The minimum atomic E-state index is -0.420. The quantitative estimate of drug-likeness (QED) is 0.612. The molecule has 0 aliphatic heterocycles. The number of hydrogen-bond donors (Lipinski definition) is 1. The van der Waals surface area contributed by atoms with Crippen molar-refractivity contribution in [1.29, 1.82) is 0 Å². The maximum Gasteiger partial charge on any atom is 0.275 e. The summed E-state index contributed by atoms with van der Waals surface area (Å²) >= 11 is 0. The summed E-state index contributed by atoms with van der Waals surface area (Å²) in [6.45, 7) is 3.58. The Labute approximate surface area is 173 Å². The van der Waals surface area contributed by atoms with Gasteiger partial charge in [0.15, 0.2) is 0 Å². The highest BCUT2D eigenvalue weighted by molar-refractivity contribution is 5.75. The second-order valence-electron chi connectivity index (χ2n) is 6.73. The van der Waals surface area contributed by atoms with Crippen LogP contribution in [0.2, 0.25) is 0 Å². The SMILES string of the molecule is C=CCNC(=O)Cn1c(=O)c(=Cc2ccccc2)n(C)c(=O)c1=Cc1ccccc1. The molecule has 0 saturated heterocycles. The summed E-state index contributed by atoms with van der Waals surface area (Å²) in [5, 5.41) is 3.00. The zero-order valence-electron chi connectivity index (χ0n) is 16.7. The molecule has 0 aliphatic carbocycles. The lowest BCUT2D eigenvalue weighted by atomic mass is 10.2. The normalized spacial score (nSPS) is 12.0. The Morgan fingerprint density at radius 3 is 1.97 bits per heavy atom. The second-order valence-corrected chi connectivity index (χ2v) is 6.73. The lowest BCUT2D eigenvalue weighted by molar-refractivity contribution is -0.121. The number of benzene rings is 2. The van der Waals surface area contributed by atoms with Crippen LogP contribution in [0.3, 0.4) is 0 Å². The maximum absolute atomic E-state index is 13.3. The van der Waals surface area contributed by atoms with Crippen LogP contribution >= 0.6 is 0 Å². The zero-order chi connectivity index (χ0) is 21.5. The summed E-state index contributed by atoms with van der Waals surface area (Å²) in [5.41, 5.74) is 0.759. The van der Waals surface area contributed by atoms with Crippen LogP contribution in [0.25, 0.3) is 12.2 Å². The lowest BCUT2D eigenvalue weighted by Gasteiger charge is -2.10. The molecule has 1 aromatic heterocycles. The van der Waals surface area contributed by atoms with Gasteiger partial charge in [-0.1, -0.05) is 66.7 Å². The fourth-order valence-electron chi connectivity index (χ4n) is 3.04. The first-order valence-corrected chi connectivity index (χ1v) is 9.52. The van der Waals surface area contributed by atoms with Gasteiger partial charge in [0.25, 0.3) is 11.1 Å². The van der Waals surface area contributed by atoms with E-state index >= 15 is 0 Å². The van der Waals surface area contributed by atoms with Gasteiger partial charge in [-0.05, 0) is 23.3 Å². The maximum atomic E-state index is 13.3. The number of carbonyl (C=O) groups is 1. The van der Waals surface area contributed by atoms with Gasteiger partial charge >= 0.3 is 0 Å². The molecule has 2 aromatic carbocycles. The summed E-state index contributed by atoms with van der Waals surface area (Å²) in [6, 6.07) is 18.5. The molecular weight excluding hydrogens is 378 g/mol. The van der Waals surface area contributed by atoms with E-state index in [0.29, 0.717) is 0 Å². The molecule has 30 heavy (non-hydrogen) atoms. The molecular formula is C24H23N3O3. The van der Waals surface area contributed by atoms with Crippen LogP contribution < -0.4 is 27.1 Å². The van der Waals surface area contributed by atoms with E-state index in [2.05, 4.69) is 11.9 Å². The first-order valence-electron chi connectivity index (χ1n) is 9.52. The smallest absolute Gasteiger partial charge is 0.275 e. The molecule has 0 saturated carbocycles. The number of nitrogens with one attached hydrogen (secondary N) is 1. The van der Waals surface area contributed by atoms with Crippen molar-refractivity contribution in [2.75, 3.05) is 6.54 Å². The van der Waals surface area contributed by atoms with E-state index < -0.39 is 5.56 Å². The van der Waals surface area contributed by atoms with Crippen molar-refractivity contribution in [2.24, 2.45) is 7.05 Å². The number of rotatable bonds is 6. The summed E-state index contributed by atoms with van der Waals surface area (Å²) in [7, 11) is 1.56. The van der Waals surface area contributed by atoms with Gasteiger partial charge in [-0.15, -0.1) is 6.58 Å². The summed E-state index contributed by atoms with van der Waals surface area (Å²) in [6.07, 6.45) is 4.82. The van der Waals surface area contributed by atoms with E-state index in [-0.39, 0.29) is 35.3 Å². The largest absolute Gasteiger partial charge is 0.351 e. The van der Waals surface area contributed by atoms with Gasteiger partial charge in [0.1, 0.15) is 17.2 Å². The molecule has 152 valence electrons. The van der Waals surface area contributed by atoms with Crippen molar-refractivity contribution in [3.63, 3.8) is 0 Å². The van der Waals surface area contributed by atoms with Crippen LogP contribution in [0.4, 0.5) is 0 Å². The predicted molar refractivity (Wildman–Crippen MR) is 118 cm³/mol. The Bertz CT molecular complexity index is 1290. The van der Waals surface area contributed by atoms with E-state index in [1.807, 2.05) is 60.7 Å². The molecule has 6 heteroatoms. The zero-order valence-corrected chi connectivity index (χ0v) is 16.7. The molecule has 0 atom stereocenters. The molecule has 3 aromatic rings.